The van der Waals surface area contributed by atoms with Crippen molar-refractivity contribution in [2.24, 2.45) is 0 Å². The highest BCUT2D eigenvalue weighted by molar-refractivity contribution is 5.97. The molecule has 26 heavy (non-hydrogen) atoms. The van der Waals surface area contributed by atoms with Gasteiger partial charge in [-0.25, -0.2) is 0 Å². The number of hydrogen-bond donors (Lipinski definition) is 1. The fourth-order valence-electron chi connectivity index (χ4n) is 2.13. The Morgan fingerprint density at radius 2 is 1.81 bits per heavy atom. The quantitative estimate of drug-likeness (QED) is 0.813. The molecule has 0 saturated heterocycles. The largest absolute Gasteiger partial charge is 0.497 e. The van der Waals surface area contributed by atoms with E-state index in [1.807, 2.05) is 6.07 Å². The normalized spacial score (nSPS) is 10.2. The van der Waals surface area contributed by atoms with Crippen LogP contribution in [0.5, 0.6) is 5.75 Å². The second-order valence-electron chi connectivity index (χ2n) is 5.54. The van der Waals surface area contributed by atoms with E-state index in [1.165, 1.54) is 11.0 Å². The number of methoxy groups -OCH3 is 1. The molecular formula is C20H19N3O3. The number of nitrogens with zero attached hydrogens (tertiary/aromatic N) is 2. The minimum Gasteiger partial charge on any atom is -0.497 e. The highest BCUT2D eigenvalue weighted by Gasteiger charge is 2.10. The summed E-state index contributed by atoms with van der Waals surface area (Å²) in [5.74, 6) is 0.111. The molecule has 2 amide bonds. The van der Waals surface area contributed by atoms with E-state index < -0.39 is 0 Å². The number of rotatable bonds is 6. The third kappa shape index (κ3) is 5.49. The van der Waals surface area contributed by atoms with Crippen LogP contribution in [0.15, 0.2) is 54.6 Å². The molecule has 0 atom stereocenters. The number of anilines is 1. The summed E-state index contributed by atoms with van der Waals surface area (Å²) in [6.07, 6.45) is 3.03. The number of carbonyl (C=O) groups is 2. The summed E-state index contributed by atoms with van der Waals surface area (Å²) in [4.78, 5) is 25.5. The minimum absolute atomic E-state index is 0.0669. The average molecular weight is 349 g/mol. The van der Waals surface area contributed by atoms with Gasteiger partial charge in [-0.2, -0.15) is 5.26 Å². The lowest BCUT2D eigenvalue weighted by Crippen LogP contribution is -2.33. The molecule has 0 saturated carbocycles. The van der Waals surface area contributed by atoms with Crippen LogP contribution in [0, 0.1) is 11.3 Å². The molecule has 0 unspecified atom stereocenters. The fraction of sp³-hybridized carbons (Fsp3) is 0.150. The zero-order valence-electron chi connectivity index (χ0n) is 14.6. The van der Waals surface area contributed by atoms with Gasteiger partial charge in [-0.1, -0.05) is 12.1 Å². The Labute approximate surface area is 152 Å². The monoisotopic (exact) mass is 349 g/mol. The number of likely N-dealkylation sites (N-methyl/N-ethyl adjacent to an activating group) is 1. The van der Waals surface area contributed by atoms with Gasteiger partial charge in [0.25, 0.3) is 0 Å². The molecular weight excluding hydrogens is 330 g/mol. The smallest absolute Gasteiger partial charge is 0.246 e. The zero-order valence-corrected chi connectivity index (χ0v) is 14.6. The Morgan fingerprint density at radius 3 is 2.38 bits per heavy atom. The fourth-order valence-corrected chi connectivity index (χ4v) is 2.13. The van der Waals surface area contributed by atoms with Crippen molar-refractivity contribution in [3.8, 4) is 11.8 Å². The van der Waals surface area contributed by atoms with Gasteiger partial charge in [0.2, 0.25) is 11.8 Å². The van der Waals surface area contributed by atoms with Crippen LogP contribution in [-0.2, 0) is 9.59 Å². The molecule has 0 radical (unpaired) electrons. The molecule has 6 heteroatoms. The number of nitriles is 1. The highest BCUT2D eigenvalue weighted by Crippen LogP contribution is 2.14. The molecule has 0 spiro atoms. The molecule has 2 rings (SSSR count). The maximum atomic E-state index is 12.1. The van der Waals surface area contributed by atoms with Crippen molar-refractivity contribution in [1.82, 2.24) is 4.90 Å². The first-order chi connectivity index (χ1) is 12.5. The van der Waals surface area contributed by atoms with E-state index in [0.717, 1.165) is 5.56 Å². The van der Waals surface area contributed by atoms with E-state index in [9.17, 15) is 9.59 Å². The number of nitrogens with one attached hydrogen (secondary N) is 1. The standard InChI is InChI=1S/C20H19N3O3/c1-23(14-19(24)22-17-8-10-18(26-2)11-9-17)20(25)12-7-15-3-5-16(13-21)6-4-15/h3-12H,14H2,1-2H3,(H,22,24)/b12-7+. The maximum Gasteiger partial charge on any atom is 0.246 e. The van der Waals surface area contributed by atoms with Gasteiger partial charge in [0, 0.05) is 18.8 Å². The Balaban J connectivity index is 1.87. The molecule has 0 heterocycles. The summed E-state index contributed by atoms with van der Waals surface area (Å²) >= 11 is 0. The molecule has 0 bridgehead atoms. The first-order valence-corrected chi connectivity index (χ1v) is 7.89. The SMILES string of the molecule is COc1ccc(NC(=O)CN(C)C(=O)/C=C/c2ccc(C#N)cc2)cc1. The Bertz CT molecular complexity index is 834. The first kappa shape index (κ1) is 18.7. The van der Waals surface area contributed by atoms with Gasteiger partial charge in [-0.3, -0.25) is 9.59 Å². The van der Waals surface area contributed by atoms with Crippen molar-refractivity contribution in [1.29, 1.82) is 5.26 Å². The molecule has 0 fully saturated rings. The summed E-state index contributed by atoms with van der Waals surface area (Å²) in [7, 11) is 3.12. The van der Waals surface area contributed by atoms with E-state index in [-0.39, 0.29) is 18.4 Å². The van der Waals surface area contributed by atoms with Crippen LogP contribution >= 0.6 is 0 Å². The molecule has 0 aromatic heterocycles. The zero-order chi connectivity index (χ0) is 18.9. The molecule has 0 aliphatic heterocycles. The van der Waals surface area contributed by atoms with Crippen molar-refractivity contribution >= 4 is 23.6 Å². The Kier molecular flexibility index (Phi) is 6.52. The molecule has 1 N–H and O–H groups in total. The summed E-state index contributed by atoms with van der Waals surface area (Å²) in [6, 6.07) is 15.8. The number of carbonyl (C=O) groups excluding carboxylic acids is 2. The van der Waals surface area contributed by atoms with Crippen LogP contribution in [-0.4, -0.2) is 37.4 Å². The second-order valence-corrected chi connectivity index (χ2v) is 5.54. The van der Waals surface area contributed by atoms with Gasteiger partial charge >= 0.3 is 0 Å². The van der Waals surface area contributed by atoms with Gasteiger partial charge < -0.3 is 15.0 Å². The van der Waals surface area contributed by atoms with Crippen LogP contribution < -0.4 is 10.1 Å². The summed E-state index contributed by atoms with van der Waals surface area (Å²) in [5, 5.41) is 11.5. The average Bonchev–Trinajstić information content (AvgIpc) is 2.66. The predicted octanol–water partition coefficient (Wildman–Crippen LogP) is 2.68. The van der Waals surface area contributed by atoms with Crippen molar-refractivity contribution < 1.29 is 14.3 Å². The van der Waals surface area contributed by atoms with Gasteiger partial charge in [-0.15, -0.1) is 0 Å². The Hall–Kier alpha value is -3.59. The molecule has 6 nitrogen and oxygen atoms in total. The van der Waals surface area contributed by atoms with E-state index in [1.54, 1.807) is 68.8 Å². The van der Waals surface area contributed by atoms with Gasteiger partial charge in [0.05, 0.1) is 25.3 Å². The maximum absolute atomic E-state index is 12.1. The number of benzene rings is 2. The third-order valence-electron chi connectivity index (χ3n) is 3.59. The van der Waals surface area contributed by atoms with Gasteiger partial charge in [0.1, 0.15) is 5.75 Å². The first-order valence-electron chi connectivity index (χ1n) is 7.89. The van der Waals surface area contributed by atoms with Crippen molar-refractivity contribution in [2.45, 2.75) is 0 Å². The molecule has 0 aliphatic carbocycles. The lowest BCUT2D eigenvalue weighted by Gasteiger charge is -2.15. The summed E-state index contributed by atoms with van der Waals surface area (Å²) in [5.41, 5.74) is 1.99. The van der Waals surface area contributed by atoms with E-state index in [4.69, 9.17) is 10.00 Å². The van der Waals surface area contributed by atoms with E-state index in [2.05, 4.69) is 5.32 Å². The molecule has 2 aromatic carbocycles. The minimum atomic E-state index is -0.294. The van der Waals surface area contributed by atoms with Crippen LogP contribution in [0.25, 0.3) is 6.08 Å². The summed E-state index contributed by atoms with van der Waals surface area (Å²) < 4.78 is 5.06. The van der Waals surface area contributed by atoms with Crippen molar-refractivity contribution in [3.05, 3.63) is 65.7 Å². The molecule has 132 valence electrons. The lowest BCUT2D eigenvalue weighted by molar-refractivity contribution is -0.129. The van der Waals surface area contributed by atoms with Gasteiger partial charge in [0.15, 0.2) is 0 Å². The third-order valence-corrected chi connectivity index (χ3v) is 3.59. The van der Waals surface area contributed by atoms with E-state index >= 15 is 0 Å². The topological polar surface area (TPSA) is 82.4 Å². The van der Waals surface area contributed by atoms with Crippen molar-refractivity contribution in [2.75, 3.05) is 26.0 Å². The van der Waals surface area contributed by atoms with Crippen LogP contribution in [0.1, 0.15) is 11.1 Å². The predicted molar refractivity (Wildman–Crippen MR) is 99.5 cm³/mol. The van der Waals surface area contributed by atoms with Crippen LogP contribution in [0.3, 0.4) is 0 Å². The number of hydrogen-bond acceptors (Lipinski definition) is 4. The van der Waals surface area contributed by atoms with Crippen molar-refractivity contribution in [3.63, 3.8) is 0 Å². The second kappa shape index (κ2) is 9.04. The van der Waals surface area contributed by atoms with Crippen LogP contribution in [0.2, 0.25) is 0 Å². The van der Waals surface area contributed by atoms with E-state index in [0.29, 0.717) is 17.0 Å². The number of ether oxygens (including phenoxy) is 1. The summed E-state index contributed by atoms with van der Waals surface area (Å²) in [6.45, 7) is -0.0669. The molecule has 2 aromatic rings. The number of amides is 2. The van der Waals surface area contributed by atoms with Crippen LogP contribution in [0.4, 0.5) is 5.69 Å². The van der Waals surface area contributed by atoms with Gasteiger partial charge in [-0.05, 0) is 48.0 Å². The Morgan fingerprint density at radius 1 is 1.15 bits per heavy atom. The molecule has 0 aliphatic rings. The lowest BCUT2D eigenvalue weighted by atomic mass is 10.1. The highest BCUT2D eigenvalue weighted by atomic mass is 16.5.